The summed E-state index contributed by atoms with van der Waals surface area (Å²) in [4.78, 5) is 16.6. The molecule has 3 aromatic rings. The van der Waals surface area contributed by atoms with Crippen LogP contribution in [0.25, 0.3) is 11.3 Å². The molecule has 3 nitrogen and oxygen atoms in total. The van der Waals surface area contributed by atoms with Gasteiger partial charge >= 0.3 is 0 Å². The second-order valence-electron chi connectivity index (χ2n) is 5.43. The fourth-order valence-electron chi connectivity index (χ4n) is 2.40. The molecule has 1 amide bonds. The van der Waals surface area contributed by atoms with Gasteiger partial charge in [-0.05, 0) is 47.0 Å². The minimum Gasteiger partial charge on any atom is -0.352 e. The maximum atomic E-state index is 12.1. The number of hydrogen-bond donors (Lipinski definition) is 1. The number of thiazole rings is 1. The number of aryl methyl sites for hydroxylation is 1. The summed E-state index contributed by atoms with van der Waals surface area (Å²) in [5.74, 6) is -0.0583. The molecule has 0 atom stereocenters. The fraction of sp³-hybridized carbons (Fsp3) is 0.158. The standard InChI is InChI=1S/C19H17BrN2OS/c1-13-22-18(12-24-13)15-8-6-14(7-9-15)10-11-21-19(23)16-4-2-3-5-17(16)20/h2-9,12H,10-11H2,1H3,(H,21,23). The average molecular weight is 401 g/mol. The topological polar surface area (TPSA) is 42.0 Å². The third kappa shape index (κ3) is 4.10. The van der Waals surface area contributed by atoms with Crippen LogP contribution in [0.15, 0.2) is 58.4 Å². The summed E-state index contributed by atoms with van der Waals surface area (Å²) in [5.41, 5.74) is 4.00. The third-order valence-electron chi connectivity index (χ3n) is 3.69. The van der Waals surface area contributed by atoms with Crippen molar-refractivity contribution >= 4 is 33.2 Å². The highest BCUT2D eigenvalue weighted by atomic mass is 79.9. The maximum Gasteiger partial charge on any atom is 0.252 e. The van der Waals surface area contributed by atoms with Crippen LogP contribution < -0.4 is 5.32 Å². The summed E-state index contributed by atoms with van der Waals surface area (Å²) in [5, 5.41) is 6.10. The van der Waals surface area contributed by atoms with Gasteiger partial charge in [-0.15, -0.1) is 11.3 Å². The van der Waals surface area contributed by atoms with Gasteiger partial charge in [-0.25, -0.2) is 4.98 Å². The molecule has 24 heavy (non-hydrogen) atoms. The van der Waals surface area contributed by atoms with Crippen LogP contribution in [0.1, 0.15) is 20.9 Å². The molecule has 0 spiro atoms. The van der Waals surface area contributed by atoms with Crippen molar-refractivity contribution in [2.45, 2.75) is 13.3 Å². The summed E-state index contributed by atoms with van der Waals surface area (Å²) in [6.45, 7) is 2.62. The summed E-state index contributed by atoms with van der Waals surface area (Å²) in [6.07, 6.45) is 0.798. The van der Waals surface area contributed by atoms with Crippen molar-refractivity contribution in [3.05, 3.63) is 74.5 Å². The Morgan fingerprint density at radius 2 is 1.92 bits per heavy atom. The number of nitrogens with zero attached hydrogens (tertiary/aromatic N) is 1. The molecule has 3 rings (SSSR count). The summed E-state index contributed by atoms with van der Waals surface area (Å²) < 4.78 is 0.811. The van der Waals surface area contributed by atoms with E-state index in [0.717, 1.165) is 27.2 Å². The van der Waals surface area contributed by atoms with E-state index in [9.17, 15) is 4.79 Å². The SMILES string of the molecule is Cc1nc(-c2ccc(CCNC(=O)c3ccccc3Br)cc2)cs1. The molecule has 1 heterocycles. The third-order valence-corrected chi connectivity index (χ3v) is 5.15. The molecule has 0 saturated carbocycles. The Labute approximate surface area is 153 Å². The molecular formula is C19H17BrN2OS. The van der Waals surface area contributed by atoms with E-state index in [0.29, 0.717) is 12.1 Å². The molecule has 2 aromatic carbocycles. The lowest BCUT2D eigenvalue weighted by Gasteiger charge is -2.07. The molecule has 0 aliphatic heterocycles. The van der Waals surface area contributed by atoms with Crippen LogP contribution in [0.5, 0.6) is 0 Å². The molecule has 0 unspecified atom stereocenters. The predicted octanol–water partition coefficient (Wildman–Crippen LogP) is 4.85. The molecule has 0 aliphatic carbocycles. The van der Waals surface area contributed by atoms with E-state index in [4.69, 9.17) is 0 Å². The predicted molar refractivity (Wildman–Crippen MR) is 102 cm³/mol. The van der Waals surface area contributed by atoms with Crippen LogP contribution >= 0.6 is 27.3 Å². The van der Waals surface area contributed by atoms with Crippen molar-refractivity contribution < 1.29 is 4.79 Å². The van der Waals surface area contributed by atoms with Crippen LogP contribution in [-0.4, -0.2) is 17.4 Å². The zero-order valence-electron chi connectivity index (χ0n) is 13.3. The number of carbonyl (C=O) groups excluding carboxylic acids is 1. The largest absolute Gasteiger partial charge is 0.352 e. The van der Waals surface area contributed by atoms with Gasteiger partial charge in [-0.2, -0.15) is 0 Å². The lowest BCUT2D eigenvalue weighted by atomic mass is 10.1. The molecular weight excluding hydrogens is 384 g/mol. The van der Waals surface area contributed by atoms with Crippen LogP contribution in [0, 0.1) is 6.92 Å². The van der Waals surface area contributed by atoms with E-state index >= 15 is 0 Å². The summed E-state index contributed by atoms with van der Waals surface area (Å²) >= 11 is 5.06. The van der Waals surface area contributed by atoms with E-state index in [2.05, 4.69) is 55.9 Å². The Balaban J connectivity index is 1.55. The Hall–Kier alpha value is -1.98. The van der Waals surface area contributed by atoms with Crippen molar-refractivity contribution in [3.63, 3.8) is 0 Å². The minimum absolute atomic E-state index is 0.0583. The van der Waals surface area contributed by atoms with Crippen molar-refractivity contribution in [3.8, 4) is 11.3 Å². The van der Waals surface area contributed by atoms with Crippen LogP contribution in [0.2, 0.25) is 0 Å². The van der Waals surface area contributed by atoms with Gasteiger partial charge in [0.25, 0.3) is 5.91 Å². The van der Waals surface area contributed by atoms with Crippen molar-refractivity contribution in [1.29, 1.82) is 0 Å². The summed E-state index contributed by atoms with van der Waals surface area (Å²) in [6, 6.07) is 15.8. The van der Waals surface area contributed by atoms with Gasteiger partial charge < -0.3 is 5.32 Å². The van der Waals surface area contributed by atoms with Gasteiger partial charge in [0, 0.05) is 22.0 Å². The van der Waals surface area contributed by atoms with E-state index in [1.165, 1.54) is 5.56 Å². The lowest BCUT2D eigenvalue weighted by molar-refractivity contribution is 0.0953. The van der Waals surface area contributed by atoms with E-state index in [-0.39, 0.29) is 5.91 Å². The quantitative estimate of drug-likeness (QED) is 0.664. The van der Waals surface area contributed by atoms with Crippen molar-refractivity contribution in [2.75, 3.05) is 6.54 Å². The highest BCUT2D eigenvalue weighted by Crippen LogP contribution is 2.22. The Morgan fingerprint density at radius 1 is 1.17 bits per heavy atom. The lowest BCUT2D eigenvalue weighted by Crippen LogP contribution is -2.25. The van der Waals surface area contributed by atoms with Gasteiger partial charge in [0.05, 0.1) is 16.3 Å². The molecule has 0 fully saturated rings. The summed E-state index contributed by atoms with van der Waals surface area (Å²) in [7, 11) is 0. The monoisotopic (exact) mass is 400 g/mol. The first-order valence-corrected chi connectivity index (χ1v) is 9.35. The van der Waals surface area contributed by atoms with E-state index in [1.54, 1.807) is 11.3 Å². The normalized spacial score (nSPS) is 10.6. The number of hydrogen-bond acceptors (Lipinski definition) is 3. The second-order valence-corrected chi connectivity index (χ2v) is 7.35. The molecule has 122 valence electrons. The molecule has 1 aromatic heterocycles. The number of carbonyl (C=O) groups is 1. The second kappa shape index (κ2) is 7.73. The fourth-order valence-corrected chi connectivity index (χ4v) is 3.49. The molecule has 5 heteroatoms. The zero-order valence-corrected chi connectivity index (χ0v) is 15.7. The highest BCUT2D eigenvalue weighted by Gasteiger charge is 2.08. The maximum absolute atomic E-state index is 12.1. The number of benzene rings is 2. The number of halogens is 1. The first kappa shape index (κ1) is 16.9. The van der Waals surface area contributed by atoms with Crippen molar-refractivity contribution in [2.24, 2.45) is 0 Å². The van der Waals surface area contributed by atoms with Crippen molar-refractivity contribution in [1.82, 2.24) is 10.3 Å². The minimum atomic E-state index is -0.0583. The van der Waals surface area contributed by atoms with E-state index < -0.39 is 0 Å². The molecule has 0 bridgehead atoms. The number of amides is 1. The molecule has 0 saturated heterocycles. The van der Waals surface area contributed by atoms with Crippen LogP contribution in [0.3, 0.4) is 0 Å². The Morgan fingerprint density at radius 3 is 2.58 bits per heavy atom. The number of nitrogens with one attached hydrogen (secondary N) is 1. The van der Waals surface area contributed by atoms with Gasteiger partial charge in [-0.1, -0.05) is 36.4 Å². The average Bonchev–Trinajstić information content (AvgIpc) is 3.02. The Bertz CT molecular complexity index is 843. The highest BCUT2D eigenvalue weighted by molar-refractivity contribution is 9.10. The first-order valence-electron chi connectivity index (χ1n) is 7.67. The van der Waals surface area contributed by atoms with E-state index in [1.807, 2.05) is 31.2 Å². The molecule has 0 radical (unpaired) electrons. The number of aromatic nitrogens is 1. The van der Waals surface area contributed by atoms with Crippen LogP contribution in [-0.2, 0) is 6.42 Å². The zero-order chi connectivity index (χ0) is 16.9. The van der Waals surface area contributed by atoms with Crippen LogP contribution in [0.4, 0.5) is 0 Å². The molecule has 0 aliphatic rings. The molecule has 1 N–H and O–H groups in total. The van der Waals surface area contributed by atoms with Gasteiger partial charge in [-0.3, -0.25) is 4.79 Å². The number of rotatable bonds is 5. The smallest absolute Gasteiger partial charge is 0.252 e. The Kier molecular flexibility index (Phi) is 5.43. The van der Waals surface area contributed by atoms with Gasteiger partial charge in [0.1, 0.15) is 0 Å². The van der Waals surface area contributed by atoms with Gasteiger partial charge in [0.15, 0.2) is 0 Å². The first-order chi connectivity index (χ1) is 11.6. The van der Waals surface area contributed by atoms with Gasteiger partial charge in [0.2, 0.25) is 0 Å².